The number of rotatable bonds is 9. The zero-order chi connectivity index (χ0) is 20.7. The van der Waals surface area contributed by atoms with E-state index in [1.54, 1.807) is 12.1 Å². The van der Waals surface area contributed by atoms with E-state index in [1.165, 1.54) is 12.1 Å². The third-order valence-electron chi connectivity index (χ3n) is 5.04. The first-order valence-electron chi connectivity index (χ1n) is 10.1. The average Bonchev–Trinajstić information content (AvgIpc) is 3.22. The molecule has 1 amide bonds. The fraction of sp³-hybridized carbons (Fsp3) is 0.409. The maximum absolute atomic E-state index is 12.9. The molecule has 156 valence electrons. The first kappa shape index (κ1) is 21.3. The average molecular weight is 417 g/mol. The van der Waals surface area contributed by atoms with Gasteiger partial charge in [-0.2, -0.15) is 4.72 Å². The van der Waals surface area contributed by atoms with Gasteiger partial charge in [-0.3, -0.25) is 4.79 Å². The number of nitrogens with one attached hydrogen (secondary N) is 2. The summed E-state index contributed by atoms with van der Waals surface area (Å²) in [5.41, 5.74) is 0.897. The van der Waals surface area contributed by atoms with E-state index in [2.05, 4.69) is 10.0 Å². The van der Waals surface area contributed by atoms with Crippen LogP contribution in [-0.2, 0) is 21.2 Å². The summed E-state index contributed by atoms with van der Waals surface area (Å²) in [5.74, 6) is 0.321. The van der Waals surface area contributed by atoms with Gasteiger partial charge in [0.15, 0.2) is 0 Å². The lowest BCUT2D eigenvalue weighted by atomic mass is 10.1. The highest BCUT2D eigenvalue weighted by atomic mass is 32.2. The van der Waals surface area contributed by atoms with Gasteiger partial charge in [-0.15, -0.1) is 0 Å². The molecule has 0 aromatic heterocycles. The van der Waals surface area contributed by atoms with Crippen molar-refractivity contribution in [2.45, 2.75) is 56.0 Å². The topological polar surface area (TPSA) is 84.5 Å². The van der Waals surface area contributed by atoms with E-state index in [1.807, 2.05) is 37.3 Å². The minimum absolute atomic E-state index is 0.104. The lowest BCUT2D eigenvalue weighted by Gasteiger charge is -2.21. The van der Waals surface area contributed by atoms with Crippen LogP contribution in [0.15, 0.2) is 59.5 Å². The number of ether oxygens (including phenoxy) is 1. The van der Waals surface area contributed by atoms with Gasteiger partial charge in [-0.1, -0.05) is 43.2 Å². The number of hydrogen-bond donors (Lipinski definition) is 2. The standard InChI is InChI=1S/C22H28N2O4S/c1-2-28-19-12-14-20(15-13-19)29(26,27)24-21(16-17-8-4-3-5-9-17)22(25)23-18-10-6-7-11-18/h3-5,8-9,12-15,18,21,24H,2,6-7,10-11,16H2,1H3,(H,23,25)/t21-/m0/s1. The minimum atomic E-state index is -3.86. The molecule has 1 fully saturated rings. The van der Waals surface area contributed by atoms with Crippen LogP contribution >= 0.6 is 0 Å². The first-order chi connectivity index (χ1) is 14.0. The van der Waals surface area contributed by atoms with E-state index in [0.717, 1.165) is 31.2 Å². The predicted molar refractivity (Wildman–Crippen MR) is 112 cm³/mol. The van der Waals surface area contributed by atoms with Gasteiger partial charge in [0.05, 0.1) is 11.5 Å². The Morgan fingerprint density at radius 2 is 1.72 bits per heavy atom. The van der Waals surface area contributed by atoms with Crippen LogP contribution in [0.2, 0.25) is 0 Å². The molecular formula is C22H28N2O4S. The molecule has 2 N–H and O–H groups in total. The molecule has 3 rings (SSSR count). The van der Waals surface area contributed by atoms with Crippen molar-refractivity contribution in [1.82, 2.24) is 10.0 Å². The second-order valence-corrected chi connectivity index (χ2v) is 8.97. The molecule has 29 heavy (non-hydrogen) atoms. The van der Waals surface area contributed by atoms with Crippen LogP contribution < -0.4 is 14.8 Å². The Hall–Kier alpha value is -2.38. The van der Waals surface area contributed by atoms with E-state index in [4.69, 9.17) is 4.74 Å². The number of carbonyl (C=O) groups is 1. The summed E-state index contributed by atoms with van der Waals surface area (Å²) in [7, 11) is -3.86. The van der Waals surface area contributed by atoms with Crippen LogP contribution in [-0.4, -0.2) is 33.0 Å². The molecule has 7 heteroatoms. The lowest BCUT2D eigenvalue weighted by molar-refractivity contribution is -0.123. The molecule has 0 bridgehead atoms. The molecule has 1 atom stereocenters. The lowest BCUT2D eigenvalue weighted by Crippen LogP contribution is -2.50. The molecule has 1 saturated carbocycles. The number of sulfonamides is 1. The zero-order valence-corrected chi connectivity index (χ0v) is 17.5. The number of hydrogen-bond acceptors (Lipinski definition) is 4. The Balaban J connectivity index is 1.77. The van der Waals surface area contributed by atoms with Crippen LogP contribution in [0.5, 0.6) is 5.75 Å². The van der Waals surface area contributed by atoms with Crippen LogP contribution in [0.4, 0.5) is 0 Å². The third-order valence-corrected chi connectivity index (χ3v) is 6.53. The van der Waals surface area contributed by atoms with Gasteiger partial charge >= 0.3 is 0 Å². The molecular weight excluding hydrogens is 388 g/mol. The first-order valence-corrected chi connectivity index (χ1v) is 11.6. The summed E-state index contributed by atoms with van der Waals surface area (Å²) in [6.45, 7) is 2.37. The number of carbonyl (C=O) groups excluding carboxylic acids is 1. The highest BCUT2D eigenvalue weighted by Gasteiger charge is 2.28. The maximum Gasteiger partial charge on any atom is 0.241 e. The molecule has 0 saturated heterocycles. The Morgan fingerprint density at radius 1 is 1.07 bits per heavy atom. The van der Waals surface area contributed by atoms with Crippen LogP contribution in [0.1, 0.15) is 38.2 Å². The molecule has 2 aromatic rings. The number of amides is 1. The van der Waals surface area contributed by atoms with Gasteiger partial charge in [0.2, 0.25) is 15.9 Å². The van der Waals surface area contributed by atoms with Crippen LogP contribution in [0, 0.1) is 0 Å². The van der Waals surface area contributed by atoms with Crippen molar-refractivity contribution in [2.75, 3.05) is 6.61 Å². The van der Waals surface area contributed by atoms with Crippen molar-refractivity contribution in [3.8, 4) is 5.75 Å². The summed E-state index contributed by atoms with van der Waals surface area (Å²) in [6, 6.07) is 14.9. The van der Waals surface area contributed by atoms with Gasteiger partial charge in [0.1, 0.15) is 11.8 Å². The van der Waals surface area contributed by atoms with Crippen LogP contribution in [0.25, 0.3) is 0 Å². The van der Waals surface area contributed by atoms with Gasteiger partial charge in [0, 0.05) is 6.04 Å². The predicted octanol–water partition coefficient (Wildman–Crippen LogP) is 3.03. The molecule has 0 heterocycles. The van der Waals surface area contributed by atoms with Crippen molar-refractivity contribution in [3.05, 3.63) is 60.2 Å². The molecule has 2 aromatic carbocycles. The van der Waals surface area contributed by atoms with Crippen LogP contribution in [0.3, 0.4) is 0 Å². The Kier molecular flexibility index (Phi) is 7.28. The molecule has 1 aliphatic carbocycles. The van der Waals surface area contributed by atoms with E-state index >= 15 is 0 Å². The second-order valence-electron chi connectivity index (χ2n) is 7.26. The maximum atomic E-state index is 12.9. The Bertz CT molecular complexity index is 892. The Morgan fingerprint density at radius 3 is 2.34 bits per heavy atom. The monoisotopic (exact) mass is 416 g/mol. The van der Waals surface area contributed by atoms with Gasteiger partial charge < -0.3 is 10.1 Å². The van der Waals surface area contributed by atoms with Crippen molar-refractivity contribution >= 4 is 15.9 Å². The normalized spacial score (nSPS) is 15.8. The van der Waals surface area contributed by atoms with E-state index in [9.17, 15) is 13.2 Å². The quantitative estimate of drug-likeness (QED) is 0.658. The Labute approximate surface area is 172 Å². The molecule has 0 spiro atoms. The summed E-state index contributed by atoms with van der Waals surface area (Å²) in [5, 5.41) is 3.01. The van der Waals surface area contributed by atoms with Crippen molar-refractivity contribution in [1.29, 1.82) is 0 Å². The fourth-order valence-corrected chi connectivity index (χ4v) is 4.74. The molecule has 0 aliphatic heterocycles. The second kappa shape index (κ2) is 9.89. The number of benzene rings is 2. The van der Waals surface area contributed by atoms with Gasteiger partial charge in [-0.25, -0.2) is 8.42 Å². The highest BCUT2D eigenvalue weighted by molar-refractivity contribution is 7.89. The third kappa shape index (κ3) is 6.05. The summed E-state index contributed by atoms with van der Waals surface area (Å²) >= 11 is 0. The van der Waals surface area contributed by atoms with E-state index in [-0.39, 0.29) is 23.3 Å². The van der Waals surface area contributed by atoms with E-state index < -0.39 is 16.1 Å². The minimum Gasteiger partial charge on any atom is -0.494 e. The van der Waals surface area contributed by atoms with Crippen molar-refractivity contribution in [2.24, 2.45) is 0 Å². The molecule has 0 radical (unpaired) electrons. The SMILES string of the molecule is CCOc1ccc(S(=O)(=O)N[C@@H](Cc2ccccc2)C(=O)NC2CCCC2)cc1. The molecule has 6 nitrogen and oxygen atoms in total. The fourth-order valence-electron chi connectivity index (χ4n) is 3.55. The molecule has 1 aliphatic rings. The van der Waals surface area contributed by atoms with E-state index in [0.29, 0.717) is 12.4 Å². The summed E-state index contributed by atoms with van der Waals surface area (Å²) in [4.78, 5) is 13.0. The smallest absolute Gasteiger partial charge is 0.241 e. The highest BCUT2D eigenvalue weighted by Crippen LogP contribution is 2.19. The zero-order valence-electron chi connectivity index (χ0n) is 16.6. The summed E-state index contributed by atoms with van der Waals surface area (Å²) in [6.07, 6.45) is 4.35. The van der Waals surface area contributed by atoms with Gasteiger partial charge in [-0.05, 0) is 56.0 Å². The van der Waals surface area contributed by atoms with Gasteiger partial charge in [0.25, 0.3) is 0 Å². The van der Waals surface area contributed by atoms with Crippen molar-refractivity contribution in [3.63, 3.8) is 0 Å². The largest absolute Gasteiger partial charge is 0.494 e. The molecule has 0 unspecified atom stereocenters. The van der Waals surface area contributed by atoms with Crippen molar-refractivity contribution < 1.29 is 17.9 Å². The summed E-state index contributed by atoms with van der Waals surface area (Å²) < 4.78 is 33.8.